The SMILES string of the molecule is Fc1ccc(C2[C@@H](c3cc(Cl)nn4ccnc34)C2(F)F)cc1F. The van der Waals surface area contributed by atoms with Gasteiger partial charge in [-0.1, -0.05) is 17.7 Å². The fourth-order valence-electron chi connectivity index (χ4n) is 2.97. The average molecular weight is 342 g/mol. The van der Waals surface area contributed by atoms with Crippen LogP contribution >= 0.6 is 11.6 Å². The molecule has 1 fully saturated rings. The van der Waals surface area contributed by atoms with Gasteiger partial charge in [-0.05, 0) is 23.8 Å². The topological polar surface area (TPSA) is 30.2 Å². The molecule has 3 nitrogen and oxygen atoms in total. The predicted molar refractivity (Wildman–Crippen MR) is 74.8 cm³/mol. The molecule has 8 heteroatoms. The molecule has 1 saturated carbocycles. The highest BCUT2D eigenvalue weighted by Gasteiger charge is 2.70. The smallest absolute Gasteiger partial charge is 0.235 e. The van der Waals surface area contributed by atoms with Crippen LogP contribution < -0.4 is 0 Å². The van der Waals surface area contributed by atoms with Gasteiger partial charge >= 0.3 is 0 Å². The molecule has 3 aromatic rings. The van der Waals surface area contributed by atoms with Crippen LogP contribution in [0, 0.1) is 11.6 Å². The third-order valence-corrected chi connectivity index (χ3v) is 4.23. The van der Waals surface area contributed by atoms with Gasteiger partial charge in [-0.15, -0.1) is 0 Å². The maximum absolute atomic E-state index is 14.3. The van der Waals surface area contributed by atoms with Crippen LogP contribution in [0.1, 0.15) is 23.0 Å². The van der Waals surface area contributed by atoms with E-state index in [1.807, 2.05) is 0 Å². The summed E-state index contributed by atoms with van der Waals surface area (Å²) in [6.07, 6.45) is 2.92. The van der Waals surface area contributed by atoms with E-state index in [1.54, 1.807) is 0 Å². The highest BCUT2D eigenvalue weighted by Crippen LogP contribution is 2.67. The van der Waals surface area contributed by atoms with Crippen molar-refractivity contribution in [2.45, 2.75) is 17.8 Å². The third-order valence-electron chi connectivity index (χ3n) is 4.05. The van der Waals surface area contributed by atoms with Gasteiger partial charge in [-0.25, -0.2) is 27.1 Å². The molecule has 1 unspecified atom stereocenters. The monoisotopic (exact) mass is 341 g/mol. The quantitative estimate of drug-likeness (QED) is 0.655. The Hall–Kier alpha value is -2.15. The molecule has 2 heterocycles. The number of fused-ring (bicyclic) bond motifs is 1. The number of aromatic nitrogens is 3. The number of hydrogen-bond donors (Lipinski definition) is 0. The summed E-state index contributed by atoms with van der Waals surface area (Å²) >= 11 is 5.87. The standard InChI is InChI=1S/C15H8ClF4N3/c16-11-6-8(14-21-3-4-23(14)22-11)13-12(15(13,19)20)7-1-2-9(17)10(18)5-7/h1-6,12-13H/t12?,13-/m1/s1. The second-order valence-corrected chi connectivity index (χ2v) is 5.81. The second-order valence-electron chi connectivity index (χ2n) is 5.42. The van der Waals surface area contributed by atoms with E-state index in [0.717, 1.165) is 12.1 Å². The zero-order valence-corrected chi connectivity index (χ0v) is 12.1. The second kappa shape index (κ2) is 4.67. The molecule has 2 atom stereocenters. The number of halogens is 5. The normalized spacial score (nSPS) is 22.5. The van der Waals surface area contributed by atoms with Gasteiger partial charge in [0.05, 0.1) is 11.8 Å². The van der Waals surface area contributed by atoms with Crippen molar-refractivity contribution in [3.63, 3.8) is 0 Å². The van der Waals surface area contributed by atoms with Gasteiger partial charge in [0.15, 0.2) is 17.3 Å². The molecule has 0 saturated heterocycles. The fraction of sp³-hybridized carbons (Fsp3) is 0.200. The van der Waals surface area contributed by atoms with Gasteiger partial charge < -0.3 is 0 Å². The first kappa shape index (κ1) is 14.4. The van der Waals surface area contributed by atoms with Crippen LogP contribution in [0.3, 0.4) is 0 Å². The van der Waals surface area contributed by atoms with Gasteiger partial charge in [0.25, 0.3) is 5.92 Å². The van der Waals surface area contributed by atoms with Crippen LogP contribution in [-0.2, 0) is 0 Å². The first-order valence-corrected chi connectivity index (χ1v) is 7.10. The van der Waals surface area contributed by atoms with E-state index >= 15 is 0 Å². The van der Waals surface area contributed by atoms with Crippen LogP contribution in [0.5, 0.6) is 0 Å². The lowest BCUT2D eigenvalue weighted by Crippen LogP contribution is -1.99. The molecule has 0 N–H and O–H groups in total. The van der Waals surface area contributed by atoms with Crippen LogP contribution in [0.25, 0.3) is 5.65 Å². The van der Waals surface area contributed by atoms with Crippen molar-refractivity contribution in [3.05, 3.63) is 64.6 Å². The maximum Gasteiger partial charge on any atom is 0.263 e. The zero-order chi connectivity index (χ0) is 16.4. The summed E-state index contributed by atoms with van der Waals surface area (Å²) in [6.45, 7) is 0. The Morgan fingerprint density at radius 3 is 2.61 bits per heavy atom. The molecule has 118 valence electrons. The van der Waals surface area contributed by atoms with Crippen molar-refractivity contribution in [2.24, 2.45) is 0 Å². The van der Waals surface area contributed by atoms with E-state index in [2.05, 4.69) is 10.1 Å². The maximum atomic E-state index is 14.3. The van der Waals surface area contributed by atoms with Crippen molar-refractivity contribution in [2.75, 3.05) is 0 Å². The summed E-state index contributed by atoms with van der Waals surface area (Å²) in [5.74, 6) is -7.78. The van der Waals surface area contributed by atoms with Crippen LogP contribution in [-0.4, -0.2) is 20.5 Å². The Morgan fingerprint density at radius 2 is 1.87 bits per heavy atom. The molecule has 23 heavy (non-hydrogen) atoms. The summed E-state index contributed by atoms with van der Waals surface area (Å²) in [5.41, 5.74) is 0.537. The average Bonchev–Trinajstić information content (AvgIpc) is 2.82. The van der Waals surface area contributed by atoms with E-state index in [0.29, 0.717) is 0 Å². The minimum absolute atomic E-state index is 0.0385. The summed E-state index contributed by atoms with van der Waals surface area (Å²) < 4.78 is 56.3. The molecule has 1 aliphatic rings. The number of hydrogen-bond acceptors (Lipinski definition) is 2. The number of nitrogens with zero attached hydrogens (tertiary/aromatic N) is 3. The van der Waals surface area contributed by atoms with E-state index in [1.165, 1.54) is 29.0 Å². The molecule has 4 rings (SSSR count). The lowest BCUT2D eigenvalue weighted by atomic mass is 10.1. The Balaban J connectivity index is 1.82. The molecule has 1 aliphatic carbocycles. The van der Waals surface area contributed by atoms with E-state index < -0.39 is 29.4 Å². The van der Waals surface area contributed by atoms with Crippen molar-refractivity contribution in [1.82, 2.24) is 14.6 Å². The summed E-state index contributed by atoms with van der Waals surface area (Å²) in [4.78, 5) is 4.02. The molecule has 0 amide bonds. The van der Waals surface area contributed by atoms with Crippen LogP contribution in [0.4, 0.5) is 17.6 Å². The minimum Gasteiger partial charge on any atom is -0.235 e. The first-order chi connectivity index (χ1) is 10.9. The van der Waals surface area contributed by atoms with Crippen molar-refractivity contribution >= 4 is 17.2 Å². The van der Waals surface area contributed by atoms with Gasteiger partial charge in [0.2, 0.25) is 0 Å². The Kier molecular flexibility index (Phi) is 2.93. The van der Waals surface area contributed by atoms with E-state index in [4.69, 9.17) is 11.6 Å². The number of rotatable bonds is 2. The lowest BCUT2D eigenvalue weighted by molar-refractivity contribution is 0.105. The summed E-state index contributed by atoms with van der Waals surface area (Å²) in [5, 5.41) is 4.00. The first-order valence-electron chi connectivity index (χ1n) is 6.72. The highest BCUT2D eigenvalue weighted by molar-refractivity contribution is 6.29. The van der Waals surface area contributed by atoms with Crippen LogP contribution in [0.15, 0.2) is 36.7 Å². The molecule has 1 aromatic carbocycles. The largest absolute Gasteiger partial charge is 0.263 e. The van der Waals surface area contributed by atoms with Crippen molar-refractivity contribution in [3.8, 4) is 0 Å². The van der Waals surface area contributed by atoms with Crippen molar-refractivity contribution < 1.29 is 17.6 Å². The Bertz CT molecular complexity index is 924. The van der Waals surface area contributed by atoms with Gasteiger partial charge in [-0.3, -0.25) is 0 Å². The molecule has 0 bridgehead atoms. The molecular formula is C15H8ClF4N3. The summed E-state index contributed by atoms with van der Waals surface area (Å²) in [6, 6.07) is 4.16. The van der Waals surface area contributed by atoms with E-state index in [-0.39, 0.29) is 21.9 Å². The third kappa shape index (κ3) is 2.10. The molecule has 0 radical (unpaired) electrons. The minimum atomic E-state index is -3.10. The van der Waals surface area contributed by atoms with Crippen LogP contribution in [0.2, 0.25) is 5.15 Å². The van der Waals surface area contributed by atoms with Crippen molar-refractivity contribution in [1.29, 1.82) is 0 Å². The Labute approximate surface area is 132 Å². The number of imidazole rings is 1. The van der Waals surface area contributed by atoms with Gasteiger partial charge in [0.1, 0.15) is 5.15 Å². The van der Waals surface area contributed by atoms with E-state index in [9.17, 15) is 17.6 Å². The molecule has 2 aromatic heterocycles. The fourth-order valence-corrected chi connectivity index (χ4v) is 3.17. The molecule has 0 spiro atoms. The Morgan fingerprint density at radius 1 is 1.09 bits per heavy atom. The zero-order valence-electron chi connectivity index (χ0n) is 11.4. The predicted octanol–water partition coefficient (Wildman–Crippen LogP) is 4.18. The number of benzene rings is 1. The summed E-state index contributed by atoms with van der Waals surface area (Å²) in [7, 11) is 0. The molecule has 0 aliphatic heterocycles. The van der Waals surface area contributed by atoms with Gasteiger partial charge in [-0.2, -0.15) is 5.10 Å². The molecular weight excluding hydrogens is 334 g/mol. The lowest BCUT2D eigenvalue weighted by Gasteiger charge is -2.03. The number of alkyl halides is 2. The van der Waals surface area contributed by atoms with Gasteiger partial charge in [0, 0.05) is 18.0 Å². The highest BCUT2D eigenvalue weighted by atomic mass is 35.5.